The maximum absolute atomic E-state index is 14.0. The molecule has 0 aliphatic rings. The van der Waals surface area contributed by atoms with E-state index in [9.17, 15) is 18.8 Å². The second kappa shape index (κ2) is 9.34. The lowest BCUT2D eigenvalue weighted by Gasteiger charge is -2.29. The van der Waals surface area contributed by atoms with Crippen LogP contribution in [0.3, 0.4) is 0 Å². The van der Waals surface area contributed by atoms with Gasteiger partial charge in [-0.1, -0.05) is 11.3 Å². The Labute approximate surface area is 210 Å². The Hall–Kier alpha value is -3.80. The zero-order valence-corrected chi connectivity index (χ0v) is 21.7. The number of amides is 1. The van der Waals surface area contributed by atoms with Gasteiger partial charge >= 0.3 is 5.69 Å². The Morgan fingerprint density at radius 2 is 1.86 bits per heavy atom. The average molecular weight is 515 g/mol. The monoisotopic (exact) mass is 514 g/mol. The fourth-order valence-electron chi connectivity index (χ4n) is 4.35. The molecule has 4 rings (SSSR count). The highest BCUT2D eigenvalue weighted by Gasteiger charge is 2.36. The number of thiophene rings is 1. The fraction of sp³-hybridized carbons (Fsp3) is 0.375. The number of nitrogens with zero attached hydrogens (tertiary/aromatic N) is 6. The Bertz CT molecular complexity index is 1570. The molecule has 4 aromatic rings. The molecule has 12 heteroatoms. The van der Waals surface area contributed by atoms with E-state index in [0.717, 1.165) is 4.57 Å². The molecule has 0 N–H and O–H groups in total. The molecule has 3 aromatic heterocycles. The second-order valence-electron chi connectivity index (χ2n) is 9.07. The van der Waals surface area contributed by atoms with Crippen LogP contribution < -0.4 is 16.0 Å². The Morgan fingerprint density at radius 1 is 1.19 bits per heavy atom. The van der Waals surface area contributed by atoms with E-state index in [1.807, 2.05) is 0 Å². The zero-order chi connectivity index (χ0) is 26.4. The number of ether oxygens (including phenoxy) is 1. The number of fused-ring (bicyclic) bond motifs is 1. The first-order valence-electron chi connectivity index (χ1n) is 11.2. The van der Waals surface area contributed by atoms with Crippen LogP contribution in [-0.2, 0) is 23.3 Å². The van der Waals surface area contributed by atoms with Gasteiger partial charge in [-0.05, 0) is 51.0 Å². The highest BCUT2D eigenvalue weighted by Crippen LogP contribution is 2.31. The number of likely N-dealkylation sites (N-methyl/N-ethyl adjacent to an activating group) is 1. The number of hydrogen-bond acceptors (Lipinski definition) is 7. The molecule has 0 fully saturated rings. The molecule has 0 bridgehead atoms. The van der Waals surface area contributed by atoms with E-state index < -0.39 is 28.5 Å². The molecule has 36 heavy (non-hydrogen) atoms. The molecule has 0 saturated heterocycles. The summed E-state index contributed by atoms with van der Waals surface area (Å²) in [7, 11) is 4.63. The molecular weight excluding hydrogens is 487 g/mol. The molecule has 0 saturated carbocycles. The highest BCUT2D eigenvalue weighted by atomic mass is 32.1. The van der Waals surface area contributed by atoms with Gasteiger partial charge in [-0.25, -0.2) is 13.8 Å². The molecule has 3 heterocycles. The van der Waals surface area contributed by atoms with E-state index in [2.05, 4.69) is 10.2 Å². The summed E-state index contributed by atoms with van der Waals surface area (Å²) in [5.41, 5.74) is -1.50. The second-order valence-corrected chi connectivity index (χ2v) is 10.0. The van der Waals surface area contributed by atoms with Crippen molar-refractivity contribution in [3.05, 3.63) is 68.4 Å². The van der Waals surface area contributed by atoms with Gasteiger partial charge in [0, 0.05) is 26.2 Å². The van der Waals surface area contributed by atoms with Gasteiger partial charge in [0.2, 0.25) is 5.91 Å². The minimum atomic E-state index is -1.46. The largest absolute Gasteiger partial charge is 0.496 e. The first-order valence-corrected chi connectivity index (χ1v) is 12.0. The predicted octanol–water partition coefficient (Wildman–Crippen LogP) is 2.33. The maximum Gasteiger partial charge on any atom is 0.333 e. The molecule has 0 aliphatic carbocycles. The molecule has 1 aromatic carbocycles. The summed E-state index contributed by atoms with van der Waals surface area (Å²) in [6.07, 6.45) is 3.29. The van der Waals surface area contributed by atoms with Crippen molar-refractivity contribution in [2.24, 2.45) is 0 Å². The van der Waals surface area contributed by atoms with Crippen molar-refractivity contribution in [2.75, 3.05) is 21.2 Å². The van der Waals surface area contributed by atoms with Crippen LogP contribution in [0, 0.1) is 12.7 Å². The number of rotatable bonds is 7. The summed E-state index contributed by atoms with van der Waals surface area (Å²) in [5.74, 6) is -0.341. The number of aromatic nitrogens is 5. The van der Waals surface area contributed by atoms with Crippen molar-refractivity contribution >= 4 is 27.5 Å². The van der Waals surface area contributed by atoms with Crippen LogP contribution in [0.1, 0.15) is 25.0 Å². The van der Waals surface area contributed by atoms with E-state index in [0.29, 0.717) is 32.1 Å². The third-order valence-electron chi connectivity index (χ3n) is 6.12. The number of benzene rings is 1. The summed E-state index contributed by atoms with van der Waals surface area (Å²) in [4.78, 5) is 43.8. The number of halogens is 1. The molecular formula is C24H27FN6O4S. The predicted molar refractivity (Wildman–Crippen MR) is 135 cm³/mol. The molecule has 0 atom stereocenters. The van der Waals surface area contributed by atoms with Gasteiger partial charge in [0.1, 0.15) is 26.9 Å². The van der Waals surface area contributed by atoms with Crippen LogP contribution in [0.15, 0.2) is 40.2 Å². The van der Waals surface area contributed by atoms with Crippen molar-refractivity contribution in [2.45, 2.75) is 39.3 Å². The first kappa shape index (κ1) is 25.3. The van der Waals surface area contributed by atoms with Crippen molar-refractivity contribution in [3.8, 4) is 10.8 Å². The van der Waals surface area contributed by atoms with Crippen molar-refractivity contribution in [1.82, 2.24) is 29.0 Å². The number of methoxy groups -OCH3 is 1. The van der Waals surface area contributed by atoms with E-state index in [1.54, 1.807) is 34.9 Å². The SMILES string of the molecule is COc1ccc(F)cc1CCn1c(=O)n(C(C)(C)C(=O)N(C)C)c(=O)c2c(C)c(-n3nccn3)sc21. The average Bonchev–Trinajstić information content (AvgIpc) is 3.46. The van der Waals surface area contributed by atoms with Gasteiger partial charge in [-0.3, -0.25) is 14.2 Å². The van der Waals surface area contributed by atoms with Crippen LogP contribution in [0.4, 0.5) is 4.39 Å². The summed E-state index contributed by atoms with van der Waals surface area (Å²) in [6.45, 7) is 4.96. The number of hydrogen-bond donors (Lipinski definition) is 0. The van der Waals surface area contributed by atoms with Crippen LogP contribution in [0.5, 0.6) is 5.75 Å². The van der Waals surface area contributed by atoms with Gasteiger partial charge in [0.15, 0.2) is 0 Å². The summed E-state index contributed by atoms with van der Waals surface area (Å²) in [5, 5.41) is 9.23. The summed E-state index contributed by atoms with van der Waals surface area (Å²) in [6, 6.07) is 4.18. The standard InChI is InChI=1S/C24H27FN6O4S/c1-14-18-19(32)30(24(2,3)22(33)28(4)5)23(34)29(21(18)36-20(14)31-26-10-11-27-31)12-9-15-13-16(25)7-8-17(15)35-6/h7-8,10-11,13H,9,12H2,1-6H3. The van der Waals surface area contributed by atoms with Crippen LogP contribution in [0.2, 0.25) is 0 Å². The first-order chi connectivity index (χ1) is 17.0. The molecule has 10 nitrogen and oxygen atoms in total. The van der Waals surface area contributed by atoms with Gasteiger partial charge < -0.3 is 9.64 Å². The molecule has 0 aliphatic heterocycles. The van der Waals surface area contributed by atoms with Crippen molar-refractivity contribution in [1.29, 1.82) is 0 Å². The lowest BCUT2D eigenvalue weighted by Crippen LogP contribution is -2.55. The summed E-state index contributed by atoms with van der Waals surface area (Å²) >= 11 is 1.21. The molecule has 0 spiro atoms. The van der Waals surface area contributed by atoms with E-state index >= 15 is 0 Å². The van der Waals surface area contributed by atoms with Crippen molar-refractivity contribution < 1.29 is 13.9 Å². The quantitative estimate of drug-likeness (QED) is 0.375. The normalized spacial score (nSPS) is 11.8. The lowest BCUT2D eigenvalue weighted by molar-refractivity contribution is -0.136. The van der Waals surface area contributed by atoms with Gasteiger partial charge in [-0.15, -0.1) is 4.80 Å². The van der Waals surface area contributed by atoms with E-state index in [-0.39, 0.29) is 13.0 Å². The number of aryl methyl sites for hydroxylation is 3. The third kappa shape index (κ3) is 4.11. The smallest absolute Gasteiger partial charge is 0.333 e. The van der Waals surface area contributed by atoms with Crippen LogP contribution in [0.25, 0.3) is 15.2 Å². The van der Waals surface area contributed by atoms with Gasteiger partial charge in [-0.2, -0.15) is 10.2 Å². The number of carbonyl (C=O) groups excluding carboxylic acids is 1. The molecule has 0 unspecified atom stereocenters. The number of carbonyl (C=O) groups is 1. The van der Waals surface area contributed by atoms with Crippen LogP contribution >= 0.6 is 11.3 Å². The van der Waals surface area contributed by atoms with E-state index in [4.69, 9.17) is 4.74 Å². The van der Waals surface area contributed by atoms with E-state index in [1.165, 1.54) is 63.3 Å². The molecule has 0 radical (unpaired) electrons. The fourth-order valence-corrected chi connectivity index (χ4v) is 5.59. The Kier molecular flexibility index (Phi) is 6.56. The molecule has 190 valence electrons. The zero-order valence-electron chi connectivity index (χ0n) is 20.9. The summed E-state index contributed by atoms with van der Waals surface area (Å²) < 4.78 is 21.8. The van der Waals surface area contributed by atoms with Crippen LogP contribution in [-0.4, -0.2) is 56.1 Å². The topological polar surface area (TPSA) is 104 Å². The minimum absolute atomic E-state index is 0.119. The highest BCUT2D eigenvalue weighted by molar-refractivity contribution is 7.21. The maximum atomic E-state index is 14.0. The minimum Gasteiger partial charge on any atom is -0.496 e. The third-order valence-corrected chi connectivity index (χ3v) is 7.40. The van der Waals surface area contributed by atoms with Gasteiger partial charge in [0.05, 0.1) is 24.9 Å². The Morgan fingerprint density at radius 3 is 2.47 bits per heavy atom. The van der Waals surface area contributed by atoms with Crippen molar-refractivity contribution in [3.63, 3.8) is 0 Å². The Balaban J connectivity index is 1.99. The van der Waals surface area contributed by atoms with Gasteiger partial charge in [0.25, 0.3) is 5.56 Å². The molecule has 1 amide bonds. The lowest BCUT2D eigenvalue weighted by atomic mass is 10.0.